The minimum Gasteiger partial charge on any atom is -0.329 e. The molecule has 1 aliphatic carbocycles. The van der Waals surface area contributed by atoms with Gasteiger partial charge in [0, 0.05) is 31.4 Å². The van der Waals surface area contributed by atoms with Gasteiger partial charge in [0.2, 0.25) is 0 Å². The van der Waals surface area contributed by atoms with Crippen LogP contribution in [0.3, 0.4) is 0 Å². The molecular weight excluding hydrogens is 224 g/mol. The highest BCUT2D eigenvalue weighted by Gasteiger charge is 2.38. The zero-order valence-electron chi connectivity index (χ0n) is 11.3. The second-order valence-electron chi connectivity index (χ2n) is 5.84. The number of aryl methyl sites for hydroxylation is 1. The predicted octanol–water partition coefficient (Wildman–Crippen LogP) is 1.68. The van der Waals surface area contributed by atoms with Gasteiger partial charge in [0.1, 0.15) is 0 Å². The molecule has 0 aromatic carbocycles. The van der Waals surface area contributed by atoms with Crippen LogP contribution in [0.1, 0.15) is 43.7 Å². The quantitative estimate of drug-likeness (QED) is 0.885. The van der Waals surface area contributed by atoms with Crippen LogP contribution in [0.25, 0.3) is 0 Å². The van der Waals surface area contributed by atoms with Gasteiger partial charge in [0.15, 0.2) is 0 Å². The standard InChI is InChI=1S/C14H24N4/c1-17-10-12(9-16-17)14(8-15)18-7-3-5-11-4-2-6-13(11)18/h9-11,13-14H,2-8,15H2,1H3. The summed E-state index contributed by atoms with van der Waals surface area (Å²) < 4.78 is 1.88. The van der Waals surface area contributed by atoms with Gasteiger partial charge in [0.05, 0.1) is 12.2 Å². The van der Waals surface area contributed by atoms with Gasteiger partial charge in [-0.25, -0.2) is 0 Å². The molecule has 4 nitrogen and oxygen atoms in total. The zero-order valence-corrected chi connectivity index (χ0v) is 11.3. The molecule has 100 valence electrons. The van der Waals surface area contributed by atoms with Gasteiger partial charge in [-0.3, -0.25) is 9.58 Å². The normalized spacial score (nSPS) is 30.3. The van der Waals surface area contributed by atoms with Crippen molar-refractivity contribution in [2.24, 2.45) is 18.7 Å². The fourth-order valence-electron chi connectivity index (χ4n) is 3.95. The van der Waals surface area contributed by atoms with Crippen LogP contribution in [0, 0.1) is 5.92 Å². The van der Waals surface area contributed by atoms with Crippen LogP contribution in [0.15, 0.2) is 12.4 Å². The molecule has 1 aromatic heterocycles. The Kier molecular flexibility index (Phi) is 3.39. The maximum atomic E-state index is 6.05. The lowest BCUT2D eigenvalue weighted by atomic mass is 9.90. The molecule has 3 rings (SSSR count). The topological polar surface area (TPSA) is 47.1 Å². The van der Waals surface area contributed by atoms with Crippen LogP contribution in [-0.2, 0) is 7.05 Å². The lowest BCUT2D eigenvalue weighted by Gasteiger charge is -2.42. The molecule has 2 heterocycles. The first-order valence-corrected chi connectivity index (χ1v) is 7.24. The molecule has 0 bridgehead atoms. The van der Waals surface area contributed by atoms with E-state index in [0.717, 1.165) is 12.0 Å². The Hall–Kier alpha value is -0.870. The molecule has 0 spiro atoms. The monoisotopic (exact) mass is 248 g/mol. The smallest absolute Gasteiger partial charge is 0.0538 e. The van der Waals surface area contributed by atoms with Gasteiger partial charge in [-0.15, -0.1) is 0 Å². The Labute approximate surface area is 109 Å². The third-order valence-corrected chi connectivity index (χ3v) is 4.77. The number of piperidine rings is 1. The van der Waals surface area contributed by atoms with Gasteiger partial charge in [0.25, 0.3) is 0 Å². The Morgan fingerprint density at radius 2 is 2.22 bits per heavy atom. The highest BCUT2D eigenvalue weighted by atomic mass is 15.3. The fourth-order valence-corrected chi connectivity index (χ4v) is 3.95. The fraction of sp³-hybridized carbons (Fsp3) is 0.786. The maximum absolute atomic E-state index is 6.05. The van der Waals surface area contributed by atoms with Crippen molar-refractivity contribution in [3.05, 3.63) is 18.0 Å². The molecule has 3 atom stereocenters. The van der Waals surface area contributed by atoms with Crippen molar-refractivity contribution in [2.45, 2.75) is 44.2 Å². The van der Waals surface area contributed by atoms with Crippen LogP contribution in [-0.4, -0.2) is 33.8 Å². The van der Waals surface area contributed by atoms with Gasteiger partial charge in [-0.1, -0.05) is 6.42 Å². The molecule has 18 heavy (non-hydrogen) atoms. The summed E-state index contributed by atoms with van der Waals surface area (Å²) in [4.78, 5) is 2.66. The van der Waals surface area contributed by atoms with Gasteiger partial charge in [-0.2, -0.15) is 5.10 Å². The van der Waals surface area contributed by atoms with E-state index in [1.165, 1.54) is 44.2 Å². The summed E-state index contributed by atoms with van der Waals surface area (Å²) in [5.41, 5.74) is 7.33. The highest BCUT2D eigenvalue weighted by Crippen LogP contribution is 2.40. The van der Waals surface area contributed by atoms with E-state index in [2.05, 4.69) is 16.2 Å². The lowest BCUT2D eigenvalue weighted by Crippen LogP contribution is -2.46. The molecule has 4 heteroatoms. The molecule has 0 radical (unpaired) electrons. The number of aromatic nitrogens is 2. The summed E-state index contributed by atoms with van der Waals surface area (Å²) in [5.74, 6) is 0.921. The summed E-state index contributed by atoms with van der Waals surface area (Å²) in [6.07, 6.45) is 11.0. The van der Waals surface area contributed by atoms with E-state index in [0.29, 0.717) is 12.6 Å². The first kappa shape index (κ1) is 12.2. The molecule has 1 aliphatic heterocycles. The molecule has 1 aromatic rings. The second-order valence-corrected chi connectivity index (χ2v) is 5.84. The van der Waals surface area contributed by atoms with E-state index in [-0.39, 0.29) is 0 Å². The van der Waals surface area contributed by atoms with Crippen molar-refractivity contribution < 1.29 is 0 Å². The Morgan fingerprint density at radius 3 is 2.94 bits per heavy atom. The van der Waals surface area contributed by atoms with Crippen LogP contribution in [0.4, 0.5) is 0 Å². The summed E-state index contributed by atoms with van der Waals surface area (Å²) in [5, 5.41) is 4.30. The van der Waals surface area contributed by atoms with Crippen molar-refractivity contribution in [2.75, 3.05) is 13.1 Å². The molecule has 1 saturated heterocycles. The first-order valence-electron chi connectivity index (χ1n) is 7.24. The number of nitrogens with two attached hydrogens (primary N) is 1. The van der Waals surface area contributed by atoms with Gasteiger partial charge in [-0.05, 0) is 38.1 Å². The van der Waals surface area contributed by atoms with Crippen LogP contribution in [0.5, 0.6) is 0 Å². The van der Waals surface area contributed by atoms with E-state index < -0.39 is 0 Å². The van der Waals surface area contributed by atoms with E-state index >= 15 is 0 Å². The minimum absolute atomic E-state index is 0.365. The van der Waals surface area contributed by atoms with E-state index in [1.807, 2.05) is 17.9 Å². The second kappa shape index (κ2) is 5.02. The van der Waals surface area contributed by atoms with E-state index in [4.69, 9.17) is 5.73 Å². The average molecular weight is 248 g/mol. The first-order chi connectivity index (χ1) is 8.79. The number of hydrogen-bond acceptors (Lipinski definition) is 3. The summed E-state index contributed by atoms with van der Waals surface area (Å²) in [6, 6.07) is 1.14. The highest BCUT2D eigenvalue weighted by molar-refractivity contribution is 5.12. The van der Waals surface area contributed by atoms with Crippen molar-refractivity contribution >= 4 is 0 Å². The third-order valence-electron chi connectivity index (χ3n) is 4.77. The van der Waals surface area contributed by atoms with Crippen LogP contribution >= 0.6 is 0 Å². The van der Waals surface area contributed by atoms with Crippen molar-refractivity contribution in [3.8, 4) is 0 Å². The largest absolute Gasteiger partial charge is 0.329 e. The number of nitrogens with zero attached hydrogens (tertiary/aromatic N) is 3. The molecule has 1 saturated carbocycles. The summed E-state index contributed by atoms with van der Waals surface area (Å²) >= 11 is 0. The number of fused-ring (bicyclic) bond motifs is 1. The molecule has 2 N–H and O–H groups in total. The molecule has 2 fully saturated rings. The third kappa shape index (κ3) is 2.08. The zero-order chi connectivity index (χ0) is 12.5. The van der Waals surface area contributed by atoms with E-state index in [9.17, 15) is 0 Å². The lowest BCUT2D eigenvalue weighted by molar-refractivity contribution is 0.0701. The average Bonchev–Trinajstić information content (AvgIpc) is 2.99. The van der Waals surface area contributed by atoms with Crippen molar-refractivity contribution in [3.63, 3.8) is 0 Å². The molecule has 2 aliphatic rings. The Morgan fingerprint density at radius 1 is 1.39 bits per heavy atom. The van der Waals surface area contributed by atoms with Gasteiger partial charge < -0.3 is 5.73 Å². The predicted molar refractivity (Wildman–Crippen MR) is 72.1 cm³/mol. The SMILES string of the molecule is Cn1cc(C(CN)N2CCCC3CCCC32)cn1. The number of rotatable bonds is 3. The van der Waals surface area contributed by atoms with Crippen LogP contribution in [0.2, 0.25) is 0 Å². The number of hydrogen-bond donors (Lipinski definition) is 1. The number of likely N-dealkylation sites (tertiary alicyclic amines) is 1. The van der Waals surface area contributed by atoms with Crippen molar-refractivity contribution in [1.82, 2.24) is 14.7 Å². The Bertz CT molecular complexity index is 400. The van der Waals surface area contributed by atoms with Gasteiger partial charge >= 0.3 is 0 Å². The molecule has 0 amide bonds. The van der Waals surface area contributed by atoms with Crippen LogP contribution < -0.4 is 5.73 Å². The molecule has 3 unspecified atom stereocenters. The Balaban J connectivity index is 1.82. The maximum Gasteiger partial charge on any atom is 0.0538 e. The minimum atomic E-state index is 0.365. The summed E-state index contributed by atoms with van der Waals surface area (Å²) in [7, 11) is 1.98. The van der Waals surface area contributed by atoms with Crippen molar-refractivity contribution in [1.29, 1.82) is 0 Å². The molecular formula is C14H24N4. The van der Waals surface area contributed by atoms with E-state index in [1.54, 1.807) is 0 Å². The summed E-state index contributed by atoms with van der Waals surface area (Å²) in [6.45, 7) is 1.91.